The van der Waals surface area contributed by atoms with Crippen LogP contribution in [0.15, 0.2) is 17.5 Å². The maximum absolute atomic E-state index is 12.9. The van der Waals surface area contributed by atoms with Crippen molar-refractivity contribution in [2.45, 2.75) is 97.9 Å². The summed E-state index contributed by atoms with van der Waals surface area (Å²) in [5.74, 6) is 3.05. The number of piperidine rings is 1. The SMILES string of the molecule is CCc1nc(C)n(CC(=O)N2CCC(c3nc(-c4cc(C(C)(C)C)c(OC)c(C(C)(C)C)c4)cs3)CC2)n1. The zero-order valence-corrected chi connectivity index (χ0v) is 25.3. The third-order valence-electron chi connectivity index (χ3n) is 7.43. The fourth-order valence-corrected chi connectivity index (χ4v) is 6.10. The van der Waals surface area contributed by atoms with Gasteiger partial charge in [0, 0.05) is 47.5 Å². The van der Waals surface area contributed by atoms with Crippen molar-refractivity contribution in [3.63, 3.8) is 0 Å². The summed E-state index contributed by atoms with van der Waals surface area (Å²) in [4.78, 5) is 24.4. The zero-order chi connectivity index (χ0) is 27.8. The lowest BCUT2D eigenvalue weighted by atomic mass is 9.78. The van der Waals surface area contributed by atoms with Crippen LogP contribution in [0.4, 0.5) is 0 Å². The number of benzene rings is 1. The first-order chi connectivity index (χ1) is 17.8. The van der Waals surface area contributed by atoms with Gasteiger partial charge in [0.05, 0.1) is 17.8 Å². The minimum atomic E-state index is -0.0531. The molecule has 0 aliphatic carbocycles. The molecule has 0 spiro atoms. The molecule has 4 rings (SSSR count). The van der Waals surface area contributed by atoms with E-state index in [0.717, 1.165) is 66.0 Å². The van der Waals surface area contributed by atoms with Gasteiger partial charge in [-0.3, -0.25) is 4.79 Å². The fourth-order valence-electron chi connectivity index (χ4n) is 5.10. The van der Waals surface area contributed by atoms with Crippen molar-refractivity contribution in [3.05, 3.63) is 45.3 Å². The van der Waals surface area contributed by atoms with Crippen LogP contribution in [-0.2, 0) is 28.6 Å². The van der Waals surface area contributed by atoms with Gasteiger partial charge < -0.3 is 9.64 Å². The minimum Gasteiger partial charge on any atom is -0.496 e. The van der Waals surface area contributed by atoms with E-state index in [1.807, 2.05) is 18.7 Å². The average Bonchev–Trinajstić information content (AvgIpc) is 3.49. The molecule has 1 aliphatic rings. The number of hydrogen-bond donors (Lipinski definition) is 0. The molecular weight excluding hydrogens is 494 g/mol. The van der Waals surface area contributed by atoms with Gasteiger partial charge in [0.25, 0.3) is 0 Å². The van der Waals surface area contributed by atoms with Crippen LogP contribution in [-0.4, -0.2) is 50.8 Å². The molecule has 1 aromatic carbocycles. The summed E-state index contributed by atoms with van der Waals surface area (Å²) >= 11 is 1.74. The predicted octanol–water partition coefficient (Wildman–Crippen LogP) is 6.28. The van der Waals surface area contributed by atoms with E-state index in [-0.39, 0.29) is 23.3 Å². The van der Waals surface area contributed by atoms with Crippen molar-refractivity contribution in [2.24, 2.45) is 0 Å². The molecule has 206 valence electrons. The highest BCUT2D eigenvalue weighted by atomic mass is 32.1. The Morgan fingerprint density at radius 2 is 1.66 bits per heavy atom. The lowest BCUT2D eigenvalue weighted by Gasteiger charge is -2.31. The number of carbonyl (C=O) groups is 1. The smallest absolute Gasteiger partial charge is 0.244 e. The molecular formula is C30H43N5O2S. The second-order valence-corrected chi connectivity index (χ2v) is 13.3. The highest BCUT2D eigenvalue weighted by molar-refractivity contribution is 7.10. The fraction of sp³-hybridized carbons (Fsp3) is 0.600. The van der Waals surface area contributed by atoms with Crippen molar-refractivity contribution < 1.29 is 9.53 Å². The normalized spacial score (nSPS) is 15.2. The Labute approximate surface area is 231 Å². The first-order valence-corrected chi connectivity index (χ1v) is 14.6. The number of likely N-dealkylation sites (tertiary alicyclic amines) is 1. The number of thiazole rings is 1. The van der Waals surface area contributed by atoms with E-state index in [9.17, 15) is 4.79 Å². The quantitative estimate of drug-likeness (QED) is 0.370. The van der Waals surface area contributed by atoms with Crippen molar-refractivity contribution >= 4 is 17.2 Å². The summed E-state index contributed by atoms with van der Waals surface area (Å²) in [7, 11) is 1.77. The number of ether oxygens (including phenoxy) is 1. The van der Waals surface area contributed by atoms with Crippen LogP contribution in [0.1, 0.15) is 95.0 Å². The topological polar surface area (TPSA) is 73.1 Å². The Bertz CT molecular complexity index is 1250. The zero-order valence-electron chi connectivity index (χ0n) is 24.5. The number of aromatic nitrogens is 4. The summed E-state index contributed by atoms with van der Waals surface area (Å²) in [6, 6.07) is 4.51. The van der Waals surface area contributed by atoms with Crippen LogP contribution in [0.25, 0.3) is 11.3 Å². The lowest BCUT2D eigenvalue weighted by molar-refractivity contribution is -0.133. The van der Waals surface area contributed by atoms with E-state index in [4.69, 9.17) is 9.72 Å². The second kappa shape index (κ2) is 10.8. The Morgan fingerprint density at radius 3 is 2.16 bits per heavy atom. The number of methoxy groups -OCH3 is 1. The van der Waals surface area contributed by atoms with Crippen LogP contribution in [0.3, 0.4) is 0 Å². The molecule has 38 heavy (non-hydrogen) atoms. The average molecular weight is 538 g/mol. The van der Waals surface area contributed by atoms with E-state index in [1.165, 1.54) is 11.1 Å². The van der Waals surface area contributed by atoms with Gasteiger partial charge in [-0.15, -0.1) is 11.3 Å². The van der Waals surface area contributed by atoms with Gasteiger partial charge in [0.1, 0.15) is 18.1 Å². The number of rotatable bonds is 6. The predicted molar refractivity (Wildman–Crippen MR) is 154 cm³/mol. The summed E-state index contributed by atoms with van der Waals surface area (Å²) < 4.78 is 7.67. The van der Waals surface area contributed by atoms with Crippen LogP contribution >= 0.6 is 11.3 Å². The molecule has 3 heterocycles. The number of carbonyl (C=O) groups excluding carboxylic acids is 1. The first kappa shape index (κ1) is 28.3. The van der Waals surface area contributed by atoms with Gasteiger partial charge in [-0.25, -0.2) is 14.6 Å². The highest BCUT2D eigenvalue weighted by Crippen LogP contribution is 2.43. The number of nitrogens with zero attached hydrogens (tertiary/aromatic N) is 5. The monoisotopic (exact) mass is 537 g/mol. The molecule has 0 radical (unpaired) electrons. The first-order valence-electron chi connectivity index (χ1n) is 13.7. The van der Waals surface area contributed by atoms with E-state index in [0.29, 0.717) is 5.92 Å². The van der Waals surface area contributed by atoms with Crippen molar-refractivity contribution in [1.29, 1.82) is 0 Å². The maximum atomic E-state index is 12.9. The highest BCUT2D eigenvalue weighted by Gasteiger charge is 2.30. The van der Waals surface area contributed by atoms with Crippen molar-refractivity contribution in [2.75, 3.05) is 20.2 Å². The van der Waals surface area contributed by atoms with Gasteiger partial charge >= 0.3 is 0 Å². The van der Waals surface area contributed by atoms with Crippen LogP contribution in [0.5, 0.6) is 5.75 Å². The third-order valence-corrected chi connectivity index (χ3v) is 8.43. The Kier molecular flexibility index (Phi) is 8.03. The molecule has 7 nitrogen and oxygen atoms in total. The van der Waals surface area contributed by atoms with Crippen LogP contribution in [0, 0.1) is 6.92 Å². The maximum Gasteiger partial charge on any atom is 0.244 e. The van der Waals surface area contributed by atoms with Crippen molar-refractivity contribution in [1.82, 2.24) is 24.6 Å². The Morgan fingerprint density at radius 1 is 1.05 bits per heavy atom. The molecule has 0 N–H and O–H groups in total. The molecule has 1 amide bonds. The molecule has 1 saturated heterocycles. The molecule has 0 bridgehead atoms. The van der Waals surface area contributed by atoms with Crippen LogP contribution in [0.2, 0.25) is 0 Å². The summed E-state index contributed by atoms with van der Waals surface area (Å²) in [5, 5.41) is 7.80. The molecule has 0 unspecified atom stereocenters. The summed E-state index contributed by atoms with van der Waals surface area (Å²) in [6.45, 7) is 19.1. The van der Waals surface area contributed by atoms with E-state index in [2.05, 4.69) is 69.1 Å². The van der Waals surface area contributed by atoms with Gasteiger partial charge in [-0.05, 0) is 42.7 Å². The van der Waals surface area contributed by atoms with Crippen molar-refractivity contribution in [3.8, 4) is 17.0 Å². The number of aryl methyl sites for hydroxylation is 2. The van der Waals surface area contributed by atoms with Gasteiger partial charge in [0.2, 0.25) is 5.91 Å². The molecule has 8 heteroatoms. The summed E-state index contributed by atoms with van der Waals surface area (Å²) in [6.07, 6.45) is 2.63. The Hall–Kier alpha value is -2.74. The largest absolute Gasteiger partial charge is 0.496 e. The van der Waals surface area contributed by atoms with E-state index >= 15 is 0 Å². The van der Waals surface area contributed by atoms with E-state index in [1.54, 1.807) is 23.1 Å². The molecule has 1 aliphatic heterocycles. The molecule has 1 fully saturated rings. The minimum absolute atomic E-state index is 0.0531. The van der Waals surface area contributed by atoms with E-state index < -0.39 is 0 Å². The third kappa shape index (κ3) is 5.95. The van der Waals surface area contributed by atoms with Crippen LogP contribution < -0.4 is 4.74 Å². The summed E-state index contributed by atoms with van der Waals surface area (Å²) in [5.41, 5.74) is 4.47. The molecule has 3 aromatic rings. The standard InChI is InChI=1S/C30H43N5O2S/c1-10-25-31-19(2)35(33-25)17-26(36)34-13-11-20(12-14-34)28-32-24(18-38-28)21-15-22(29(3,4)5)27(37-9)23(16-21)30(6,7)8/h15-16,18,20H,10-14,17H2,1-9H3. The molecule has 0 atom stereocenters. The Balaban J connectivity index is 1.50. The van der Waals surface area contributed by atoms with Gasteiger partial charge in [0.15, 0.2) is 5.82 Å². The number of amides is 1. The second-order valence-electron chi connectivity index (χ2n) is 12.4. The molecule has 2 aromatic heterocycles. The van der Waals surface area contributed by atoms with Gasteiger partial charge in [-0.1, -0.05) is 48.5 Å². The molecule has 0 saturated carbocycles. The lowest BCUT2D eigenvalue weighted by Crippen LogP contribution is -2.40. The number of hydrogen-bond acceptors (Lipinski definition) is 6. The van der Waals surface area contributed by atoms with Gasteiger partial charge in [-0.2, -0.15) is 5.10 Å².